The first-order valence-electron chi connectivity index (χ1n) is 14.6. The van der Waals surface area contributed by atoms with Crippen molar-refractivity contribution in [1.29, 1.82) is 0 Å². The van der Waals surface area contributed by atoms with E-state index < -0.39 is 0 Å². The summed E-state index contributed by atoms with van der Waals surface area (Å²) in [5.74, 6) is 2.25. The number of piperazine rings is 1. The van der Waals surface area contributed by atoms with Gasteiger partial charge in [0, 0.05) is 27.4 Å². The summed E-state index contributed by atoms with van der Waals surface area (Å²) in [6.45, 7) is 6.88. The van der Waals surface area contributed by atoms with Gasteiger partial charge < -0.3 is 29.1 Å². The maximum atomic E-state index is 14.0. The van der Waals surface area contributed by atoms with Gasteiger partial charge in [-0.05, 0) is 55.5 Å². The molecule has 1 aliphatic heterocycles. The topological polar surface area (TPSA) is 81.3 Å². The summed E-state index contributed by atoms with van der Waals surface area (Å²) < 4.78 is 17.2. The Kier molecular flexibility index (Phi) is 7.16. The van der Waals surface area contributed by atoms with Gasteiger partial charge in [0.15, 0.2) is 11.5 Å². The van der Waals surface area contributed by atoms with Crippen molar-refractivity contribution < 1.29 is 23.7 Å². The van der Waals surface area contributed by atoms with Crippen molar-refractivity contribution in [3.63, 3.8) is 0 Å². The molecule has 2 aliphatic rings. The van der Waals surface area contributed by atoms with E-state index in [-0.39, 0.29) is 5.78 Å². The van der Waals surface area contributed by atoms with Crippen molar-refractivity contribution in [2.45, 2.75) is 13.5 Å². The molecule has 1 aliphatic carbocycles. The van der Waals surface area contributed by atoms with Crippen LogP contribution in [0.4, 0.5) is 17.1 Å². The van der Waals surface area contributed by atoms with Crippen LogP contribution in [0.5, 0.6) is 11.5 Å². The van der Waals surface area contributed by atoms with Crippen LogP contribution in [0.25, 0.3) is 22.2 Å². The van der Waals surface area contributed by atoms with Crippen LogP contribution < -0.4 is 24.6 Å². The van der Waals surface area contributed by atoms with Gasteiger partial charge in [0.05, 0.1) is 62.2 Å². The summed E-state index contributed by atoms with van der Waals surface area (Å²) in [6.07, 6.45) is 0. The average Bonchev–Trinajstić information content (AvgIpc) is 3.47. The Morgan fingerprint density at radius 3 is 2.53 bits per heavy atom. The molecule has 43 heavy (non-hydrogen) atoms. The third kappa shape index (κ3) is 4.96. The number of benzene rings is 4. The minimum Gasteiger partial charge on any atom is -0.496 e. The number of aromatic nitrogens is 1. The molecule has 7 rings (SSSR count). The lowest BCUT2D eigenvalue weighted by Crippen LogP contribution is -3.13. The lowest BCUT2D eigenvalue weighted by Gasteiger charge is -2.34. The van der Waals surface area contributed by atoms with Crippen LogP contribution in [0.1, 0.15) is 28.4 Å². The number of hydrogen-bond donors (Lipinski definition) is 2. The molecule has 1 saturated heterocycles. The lowest BCUT2D eigenvalue weighted by atomic mass is 9.86. The van der Waals surface area contributed by atoms with Gasteiger partial charge in [-0.15, -0.1) is 0 Å². The first-order valence-corrected chi connectivity index (χ1v) is 14.9. The molecule has 0 radical (unpaired) electrons. The molecule has 0 atom stereocenters. The second kappa shape index (κ2) is 11.3. The largest absolute Gasteiger partial charge is 0.496 e. The third-order valence-electron chi connectivity index (χ3n) is 8.32. The van der Waals surface area contributed by atoms with E-state index in [2.05, 4.69) is 21.4 Å². The van der Waals surface area contributed by atoms with Gasteiger partial charge in [0.25, 0.3) is 0 Å². The SMILES string of the molecule is CCOc1ccc(Nc2cc(N3CC[NH+](Cc4cc(Cl)ccc4OC)CC3)c3noc4c3c2C(=O)c2ccccc2-4)cc1. The number of hydrogen-bond acceptors (Lipinski definition) is 7. The van der Waals surface area contributed by atoms with Crippen molar-refractivity contribution in [3.05, 3.63) is 94.5 Å². The highest BCUT2D eigenvalue weighted by Gasteiger charge is 2.34. The molecule has 8 nitrogen and oxygen atoms in total. The number of nitrogens with zero attached hydrogens (tertiary/aromatic N) is 2. The van der Waals surface area contributed by atoms with Gasteiger partial charge in [-0.2, -0.15) is 0 Å². The van der Waals surface area contributed by atoms with E-state index in [0.29, 0.717) is 34.0 Å². The Hall–Kier alpha value is -4.53. The summed E-state index contributed by atoms with van der Waals surface area (Å²) in [6, 6.07) is 23.2. The number of methoxy groups -OCH3 is 1. The Morgan fingerprint density at radius 1 is 1.02 bits per heavy atom. The molecular formula is C34H32ClN4O4+. The maximum absolute atomic E-state index is 14.0. The number of carbonyl (C=O) groups is 1. The molecule has 4 aromatic carbocycles. The van der Waals surface area contributed by atoms with Gasteiger partial charge in [0.1, 0.15) is 23.6 Å². The third-order valence-corrected chi connectivity index (χ3v) is 8.55. The van der Waals surface area contributed by atoms with Crippen LogP contribution in [0, 0.1) is 0 Å². The van der Waals surface area contributed by atoms with E-state index in [0.717, 1.165) is 77.8 Å². The Morgan fingerprint density at radius 2 is 1.79 bits per heavy atom. The number of fused-ring (bicyclic) bond motifs is 2. The summed E-state index contributed by atoms with van der Waals surface area (Å²) in [5.41, 5.74) is 6.33. The number of ether oxygens (including phenoxy) is 2. The molecule has 0 amide bonds. The monoisotopic (exact) mass is 595 g/mol. The Labute approximate surface area is 254 Å². The minimum absolute atomic E-state index is 0.0407. The van der Waals surface area contributed by atoms with Gasteiger partial charge >= 0.3 is 0 Å². The number of rotatable bonds is 8. The van der Waals surface area contributed by atoms with E-state index in [1.807, 2.05) is 73.7 Å². The summed E-state index contributed by atoms with van der Waals surface area (Å²) in [4.78, 5) is 17.8. The normalized spacial score (nSPS) is 14.6. The second-order valence-corrected chi connectivity index (χ2v) is 11.3. The molecule has 9 heteroatoms. The minimum atomic E-state index is -0.0407. The number of halogens is 1. The quantitative estimate of drug-likeness (QED) is 0.232. The first kappa shape index (κ1) is 27.3. The average molecular weight is 596 g/mol. The van der Waals surface area contributed by atoms with Crippen molar-refractivity contribution in [2.24, 2.45) is 0 Å². The molecule has 0 bridgehead atoms. The Bertz CT molecular complexity index is 1830. The Balaban J connectivity index is 1.24. The van der Waals surface area contributed by atoms with Crippen LogP contribution in [-0.4, -0.2) is 50.8 Å². The van der Waals surface area contributed by atoms with E-state index in [9.17, 15) is 4.79 Å². The summed E-state index contributed by atoms with van der Waals surface area (Å²) >= 11 is 6.29. The molecule has 1 fully saturated rings. The van der Waals surface area contributed by atoms with E-state index in [1.54, 1.807) is 7.11 Å². The summed E-state index contributed by atoms with van der Waals surface area (Å²) in [7, 11) is 1.69. The predicted octanol–water partition coefficient (Wildman–Crippen LogP) is 5.75. The molecule has 0 unspecified atom stereocenters. The van der Waals surface area contributed by atoms with Gasteiger partial charge in [0.2, 0.25) is 0 Å². The van der Waals surface area contributed by atoms with Crippen LogP contribution in [0.3, 0.4) is 0 Å². The van der Waals surface area contributed by atoms with Crippen molar-refractivity contribution >= 4 is 45.3 Å². The number of anilines is 3. The summed E-state index contributed by atoms with van der Waals surface area (Å²) in [5, 5.41) is 9.55. The van der Waals surface area contributed by atoms with Crippen molar-refractivity contribution in [2.75, 3.05) is 50.1 Å². The molecule has 5 aromatic rings. The molecule has 0 spiro atoms. The zero-order valence-corrected chi connectivity index (χ0v) is 24.8. The molecule has 1 aromatic heterocycles. The van der Waals surface area contributed by atoms with E-state index in [1.165, 1.54) is 4.90 Å². The first-order chi connectivity index (χ1) is 21.0. The standard InChI is InChI=1S/C34H31ClN4O4/c1-3-42-24-11-9-23(10-12-24)36-27-19-28(32-31-30(27)33(40)25-6-4-5-7-26(25)34(31)43-37-32)39-16-14-38(15-17-39)20-21-18-22(35)8-13-29(21)41-2/h4-13,18-19,36H,3,14-17,20H2,1-2H3/p+1. The highest BCUT2D eigenvalue weighted by Crippen LogP contribution is 2.46. The maximum Gasteiger partial charge on any atom is 0.196 e. The van der Waals surface area contributed by atoms with Crippen LogP contribution in [-0.2, 0) is 6.54 Å². The molecule has 0 saturated carbocycles. The zero-order valence-electron chi connectivity index (χ0n) is 24.1. The molecule has 2 N–H and O–H groups in total. The number of quaternary nitrogens is 1. The second-order valence-electron chi connectivity index (χ2n) is 10.9. The predicted molar refractivity (Wildman–Crippen MR) is 168 cm³/mol. The van der Waals surface area contributed by atoms with Gasteiger partial charge in [-0.1, -0.05) is 41.0 Å². The van der Waals surface area contributed by atoms with Crippen molar-refractivity contribution in [3.8, 4) is 22.8 Å². The van der Waals surface area contributed by atoms with Gasteiger partial charge in [-0.3, -0.25) is 4.79 Å². The highest BCUT2D eigenvalue weighted by atomic mass is 35.5. The number of carbonyl (C=O) groups excluding carboxylic acids is 1. The molecule has 218 valence electrons. The molecule has 2 heterocycles. The van der Waals surface area contributed by atoms with Crippen molar-refractivity contribution in [1.82, 2.24) is 5.16 Å². The van der Waals surface area contributed by atoms with Crippen LogP contribution >= 0.6 is 11.6 Å². The van der Waals surface area contributed by atoms with Gasteiger partial charge in [-0.25, -0.2) is 0 Å². The highest BCUT2D eigenvalue weighted by molar-refractivity contribution is 6.30. The number of nitrogens with one attached hydrogen (secondary N) is 2. The van der Waals surface area contributed by atoms with Crippen LogP contribution in [0.2, 0.25) is 5.02 Å². The van der Waals surface area contributed by atoms with Crippen LogP contribution in [0.15, 0.2) is 77.3 Å². The fourth-order valence-corrected chi connectivity index (χ4v) is 6.43. The fraction of sp³-hybridized carbons (Fsp3) is 0.235. The van der Waals surface area contributed by atoms with E-state index in [4.69, 9.17) is 25.6 Å². The number of ketones is 1. The smallest absolute Gasteiger partial charge is 0.196 e. The van der Waals surface area contributed by atoms with E-state index >= 15 is 0 Å². The fourth-order valence-electron chi connectivity index (χ4n) is 6.23. The lowest BCUT2D eigenvalue weighted by molar-refractivity contribution is -0.914. The zero-order chi connectivity index (χ0) is 29.5. The molecular weight excluding hydrogens is 564 g/mol.